The van der Waals surface area contributed by atoms with Gasteiger partial charge in [-0.25, -0.2) is 0 Å². The molecule has 3 heteroatoms. The lowest BCUT2D eigenvalue weighted by Crippen LogP contribution is -2.19. The summed E-state index contributed by atoms with van der Waals surface area (Å²) >= 11 is 0. The van der Waals surface area contributed by atoms with Crippen LogP contribution < -0.4 is 0 Å². The molecule has 1 atom stereocenters. The summed E-state index contributed by atoms with van der Waals surface area (Å²) in [6.07, 6.45) is 14.3. The summed E-state index contributed by atoms with van der Waals surface area (Å²) in [6, 6.07) is 0. The molecule has 0 aliphatic heterocycles. The number of unbranched alkanes of at least 4 members (excludes halogenated alkanes) is 9. The molecule has 3 nitrogen and oxygen atoms in total. The number of aliphatic carboxylic acids is 1. The summed E-state index contributed by atoms with van der Waals surface area (Å²) in [5, 5.41) is 18.2. The van der Waals surface area contributed by atoms with Gasteiger partial charge in [0.15, 0.2) is 0 Å². The molecule has 0 aromatic carbocycles. The molecule has 1 unspecified atom stereocenters. The van der Waals surface area contributed by atoms with E-state index in [2.05, 4.69) is 6.58 Å². The van der Waals surface area contributed by atoms with Crippen LogP contribution in [0.1, 0.15) is 84.0 Å². The first-order valence-electron chi connectivity index (χ1n) is 8.06. The number of carboxylic acids is 1. The minimum atomic E-state index is -0.698. The lowest BCUT2D eigenvalue weighted by Gasteiger charge is -2.17. The van der Waals surface area contributed by atoms with Gasteiger partial charge in [0.05, 0.1) is 5.60 Å². The molecule has 0 amide bonds. The molecule has 0 spiro atoms. The lowest BCUT2D eigenvalue weighted by atomic mass is 9.97. The molecular formula is C17H32O3. The fourth-order valence-electron chi connectivity index (χ4n) is 2.28. The lowest BCUT2D eigenvalue weighted by molar-refractivity contribution is -0.137. The topological polar surface area (TPSA) is 57.5 Å². The van der Waals surface area contributed by atoms with Gasteiger partial charge in [-0.15, -0.1) is 6.58 Å². The van der Waals surface area contributed by atoms with Crippen LogP contribution in [0.4, 0.5) is 0 Å². The largest absolute Gasteiger partial charge is 0.481 e. The number of hydrogen-bond donors (Lipinski definition) is 2. The van der Waals surface area contributed by atoms with E-state index in [1.54, 1.807) is 6.08 Å². The maximum atomic E-state index is 10.3. The molecule has 0 aromatic rings. The Morgan fingerprint density at radius 1 is 0.950 bits per heavy atom. The maximum Gasteiger partial charge on any atom is 0.303 e. The fraction of sp³-hybridized carbons (Fsp3) is 0.824. The zero-order chi connectivity index (χ0) is 15.3. The van der Waals surface area contributed by atoms with Crippen molar-refractivity contribution in [1.82, 2.24) is 0 Å². The van der Waals surface area contributed by atoms with Gasteiger partial charge in [0, 0.05) is 6.42 Å². The Hall–Kier alpha value is -0.830. The summed E-state index contributed by atoms with van der Waals surface area (Å²) in [5.41, 5.74) is -0.698. The predicted molar refractivity (Wildman–Crippen MR) is 83.9 cm³/mol. The van der Waals surface area contributed by atoms with Crippen molar-refractivity contribution >= 4 is 5.97 Å². The van der Waals surface area contributed by atoms with Crippen molar-refractivity contribution in [3.63, 3.8) is 0 Å². The van der Waals surface area contributed by atoms with Gasteiger partial charge in [-0.05, 0) is 19.8 Å². The van der Waals surface area contributed by atoms with Crippen LogP contribution in [0.2, 0.25) is 0 Å². The van der Waals surface area contributed by atoms with E-state index in [1.807, 2.05) is 6.92 Å². The highest BCUT2D eigenvalue weighted by Gasteiger charge is 2.13. The molecule has 0 aliphatic carbocycles. The van der Waals surface area contributed by atoms with Gasteiger partial charge in [0.2, 0.25) is 0 Å². The van der Waals surface area contributed by atoms with Crippen molar-refractivity contribution in [2.75, 3.05) is 0 Å². The zero-order valence-corrected chi connectivity index (χ0v) is 13.1. The molecule has 0 bridgehead atoms. The minimum absolute atomic E-state index is 0.314. The second kappa shape index (κ2) is 12.0. The highest BCUT2D eigenvalue weighted by molar-refractivity contribution is 5.66. The third-order valence-electron chi connectivity index (χ3n) is 3.76. The normalized spacial score (nSPS) is 13.9. The standard InChI is InChI=1S/C17H32O3/c1-3-17(2,20)15-13-11-9-7-5-4-6-8-10-12-14-16(18)19/h3,20H,1,4-15H2,2H3,(H,18,19). The van der Waals surface area contributed by atoms with Gasteiger partial charge in [-0.3, -0.25) is 4.79 Å². The molecule has 0 radical (unpaired) electrons. The quantitative estimate of drug-likeness (QED) is 0.359. The van der Waals surface area contributed by atoms with Gasteiger partial charge in [-0.2, -0.15) is 0 Å². The number of hydrogen-bond acceptors (Lipinski definition) is 2. The summed E-state index contributed by atoms with van der Waals surface area (Å²) in [4.78, 5) is 10.3. The summed E-state index contributed by atoms with van der Waals surface area (Å²) in [5.74, 6) is -0.680. The molecule has 0 aromatic heterocycles. The van der Waals surface area contributed by atoms with Gasteiger partial charge in [0.25, 0.3) is 0 Å². The predicted octanol–water partition coefficient (Wildman–Crippen LogP) is 4.69. The van der Waals surface area contributed by atoms with Crippen molar-refractivity contribution < 1.29 is 15.0 Å². The van der Waals surface area contributed by atoms with Gasteiger partial charge in [-0.1, -0.05) is 63.9 Å². The highest BCUT2D eigenvalue weighted by atomic mass is 16.4. The molecule has 2 N–H and O–H groups in total. The van der Waals surface area contributed by atoms with Gasteiger partial charge >= 0.3 is 5.97 Å². The van der Waals surface area contributed by atoms with Crippen LogP contribution in [-0.4, -0.2) is 21.8 Å². The van der Waals surface area contributed by atoms with Crippen LogP contribution in [0.15, 0.2) is 12.7 Å². The van der Waals surface area contributed by atoms with Crippen molar-refractivity contribution in [2.24, 2.45) is 0 Å². The van der Waals surface area contributed by atoms with Crippen molar-refractivity contribution in [3.8, 4) is 0 Å². The minimum Gasteiger partial charge on any atom is -0.481 e. The third kappa shape index (κ3) is 13.6. The molecule has 0 aliphatic rings. The van der Waals surface area contributed by atoms with Crippen LogP contribution in [0.3, 0.4) is 0 Å². The van der Waals surface area contributed by atoms with E-state index in [4.69, 9.17) is 5.11 Å². The second-order valence-corrected chi connectivity index (χ2v) is 5.99. The van der Waals surface area contributed by atoms with E-state index in [0.717, 1.165) is 32.1 Å². The average Bonchev–Trinajstić information content (AvgIpc) is 2.39. The Balaban J connectivity index is 3.14. The van der Waals surface area contributed by atoms with E-state index in [1.165, 1.54) is 38.5 Å². The maximum absolute atomic E-state index is 10.3. The van der Waals surface area contributed by atoms with E-state index >= 15 is 0 Å². The fourth-order valence-corrected chi connectivity index (χ4v) is 2.28. The smallest absolute Gasteiger partial charge is 0.303 e. The van der Waals surface area contributed by atoms with E-state index in [0.29, 0.717) is 6.42 Å². The Morgan fingerprint density at radius 3 is 1.75 bits per heavy atom. The van der Waals surface area contributed by atoms with Crippen molar-refractivity contribution in [2.45, 2.75) is 89.6 Å². The second-order valence-electron chi connectivity index (χ2n) is 5.99. The van der Waals surface area contributed by atoms with Crippen LogP contribution in [0.5, 0.6) is 0 Å². The third-order valence-corrected chi connectivity index (χ3v) is 3.76. The van der Waals surface area contributed by atoms with Crippen LogP contribution in [-0.2, 0) is 4.79 Å². The first-order valence-corrected chi connectivity index (χ1v) is 8.06. The van der Waals surface area contributed by atoms with E-state index in [9.17, 15) is 9.90 Å². The molecule has 20 heavy (non-hydrogen) atoms. The number of carbonyl (C=O) groups is 1. The zero-order valence-electron chi connectivity index (χ0n) is 13.1. The monoisotopic (exact) mass is 284 g/mol. The molecule has 118 valence electrons. The summed E-state index contributed by atoms with van der Waals surface area (Å²) in [6.45, 7) is 5.44. The first-order chi connectivity index (χ1) is 9.48. The summed E-state index contributed by atoms with van der Waals surface area (Å²) in [7, 11) is 0. The van der Waals surface area contributed by atoms with Crippen LogP contribution >= 0.6 is 0 Å². The van der Waals surface area contributed by atoms with E-state index in [-0.39, 0.29) is 0 Å². The van der Waals surface area contributed by atoms with Crippen molar-refractivity contribution in [3.05, 3.63) is 12.7 Å². The highest BCUT2D eigenvalue weighted by Crippen LogP contribution is 2.17. The Bertz CT molecular complexity index is 259. The van der Waals surface area contributed by atoms with Gasteiger partial charge in [0.1, 0.15) is 0 Å². The van der Waals surface area contributed by atoms with Crippen LogP contribution in [0, 0.1) is 0 Å². The Labute approximate surface area is 124 Å². The number of carboxylic acid groups (broad SMARTS) is 1. The molecule has 0 fully saturated rings. The Kier molecular flexibility index (Phi) is 11.5. The molecule has 0 rings (SSSR count). The van der Waals surface area contributed by atoms with E-state index < -0.39 is 11.6 Å². The van der Waals surface area contributed by atoms with Crippen molar-refractivity contribution in [1.29, 1.82) is 0 Å². The van der Waals surface area contributed by atoms with Crippen LogP contribution in [0.25, 0.3) is 0 Å². The molecule has 0 saturated heterocycles. The average molecular weight is 284 g/mol. The Morgan fingerprint density at radius 2 is 1.35 bits per heavy atom. The first kappa shape index (κ1) is 19.2. The molecule has 0 heterocycles. The number of rotatable bonds is 14. The molecule has 0 saturated carbocycles. The number of aliphatic hydroxyl groups is 1. The van der Waals surface area contributed by atoms with Gasteiger partial charge < -0.3 is 10.2 Å². The SMILES string of the molecule is C=CC(C)(O)CCCCCCCCCCCCC(=O)O. The molecular weight excluding hydrogens is 252 g/mol. The summed E-state index contributed by atoms with van der Waals surface area (Å²) < 4.78 is 0.